The first-order valence-electron chi connectivity index (χ1n) is 8.48. The molecule has 0 saturated carbocycles. The first kappa shape index (κ1) is 21.0. The fourth-order valence-electron chi connectivity index (χ4n) is 2.79. The van der Waals surface area contributed by atoms with Crippen LogP contribution in [0.4, 0.5) is 18.0 Å². The van der Waals surface area contributed by atoms with Gasteiger partial charge in [0.1, 0.15) is 11.6 Å². The average molecular weight is 388 g/mol. The van der Waals surface area contributed by atoms with E-state index in [-0.39, 0.29) is 13.1 Å². The summed E-state index contributed by atoms with van der Waals surface area (Å²) in [6.45, 7) is 6.00. The number of piperazine rings is 1. The van der Waals surface area contributed by atoms with Gasteiger partial charge in [-0.3, -0.25) is 9.80 Å². The van der Waals surface area contributed by atoms with E-state index in [0.29, 0.717) is 18.7 Å². The molecule has 1 atom stereocenters. The van der Waals surface area contributed by atoms with Crippen molar-refractivity contribution in [1.29, 1.82) is 0 Å². The molecule has 1 fully saturated rings. The SMILES string of the molecule is CC(C)(C)OC(=O)N1CCN(Cc2ccc(C(F)(F)F)cc2)C[C@H]1C(=O)O. The monoisotopic (exact) mass is 388 g/mol. The Hall–Kier alpha value is -2.29. The van der Waals surface area contributed by atoms with E-state index >= 15 is 0 Å². The summed E-state index contributed by atoms with van der Waals surface area (Å²) in [5.41, 5.74) is -0.834. The smallest absolute Gasteiger partial charge is 0.416 e. The Morgan fingerprint density at radius 2 is 1.74 bits per heavy atom. The van der Waals surface area contributed by atoms with Crippen molar-refractivity contribution >= 4 is 12.1 Å². The minimum absolute atomic E-state index is 0.0651. The highest BCUT2D eigenvalue weighted by atomic mass is 19.4. The number of benzene rings is 1. The van der Waals surface area contributed by atoms with Gasteiger partial charge >= 0.3 is 18.2 Å². The normalized spacial score (nSPS) is 19.0. The van der Waals surface area contributed by atoms with Crippen LogP contribution in [0.1, 0.15) is 31.9 Å². The number of carboxylic acid groups (broad SMARTS) is 1. The second-order valence-corrected chi connectivity index (χ2v) is 7.46. The molecule has 0 aromatic heterocycles. The minimum Gasteiger partial charge on any atom is -0.480 e. The van der Waals surface area contributed by atoms with E-state index in [4.69, 9.17) is 4.74 Å². The first-order valence-corrected chi connectivity index (χ1v) is 8.48. The lowest BCUT2D eigenvalue weighted by Crippen LogP contribution is -2.58. The number of hydrogen-bond acceptors (Lipinski definition) is 4. The number of rotatable bonds is 3. The molecule has 1 saturated heterocycles. The predicted molar refractivity (Wildman–Crippen MR) is 91.1 cm³/mol. The third kappa shape index (κ3) is 5.85. The molecule has 1 heterocycles. The van der Waals surface area contributed by atoms with E-state index in [1.54, 1.807) is 25.7 Å². The van der Waals surface area contributed by atoms with Crippen molar-refractivity contribution in [2.75, 3.05) is 19.6 Å². The lowest BCUT2D eigenvalue weighted by Gasteiger charge is -2.39. The Morgan fingerprint density at radius 3 is 2.22 bits per heavy atom. The van der Waals surface area contributed by atoms with E-state index in [9.17, 15) is 27.9 Å². The Morgan fingerprint density at radius 1 is 1.15 bits per heavy atom. The Kier molecular flexibility index (Phi) is 6.04. The van der Waals surface area contributed by atoms with Crippen LogP contribution in [0, 0.1) is 0 Å². The van der Waals surface area contributed by atoms with Gasteiger partial charge in [0, 0.05) is 26.2 Å². The molecule has 1 N–H and O–H groups in total. The molecule has 27 heavy (non-hydrogen) atoms. The van der Waals surface area contributed by atoms with Gasteiger partial charge in [-0.1, -0.05) is 12.1 Å². The number of aliphatic carboxylic acids is 1. The van der Waals surface area contributed by atoms with Gasteiger partial charge in [-0.15, -0.1) is 0 Å². The fourth-order valence-corrected chi connectivity index (χ4v) is 2.79. The average Bonchev–Trinajstić information content (AvgIpc) is 2.52. The highest BCUT2D eigenvalue weighted by Gasteiger charge is 2.37. The summed E-state index contributed by atoms with van der Waals surface area (Å²) in [5.74, 6) is -1.15. The minimum atomic E-state index is -4.40. The van der Waals surface area contributed by atoms with E-state index in [0.717, 1.165) is 12.1 Å². The van der Waals surface area contributed by atoms with Crippen LogP contribution in [-0.4, -0.2) is 58.2 Å². The van der Waals surface area contributed by atoms with Crippen LogP contribution in [0.5, 0.6) is 0 Å². The van der Waals surface area contributed by atoms with Gasteiger partial charge in [-0.25, -0.2) is 9.59 Å². The Labute approximate surface area is 155 Å². The molecule has 1 aliphatic heterocycles. The van der Waals surface area contributed by atoms with E-state index < -0.39 is 35.4 Å². The van der Waals surface area contributed by atoms with Crippen molar-refractivity contribution in [3.05, 3.63) is 35.4 Å². The number of carbonyl (C=O) groups excluding carboxylic acids is 1. The number of ether oxygens (including phenoxy) is 1. The molecular formula is C18H23F3N2O4. The molecule has 0 radical (unpaired) electrons. The quantitative estimate of drug-likeness (QED) is 0.861. The lowest BCUT2D eigenvalue weighted by molar-refractivity contribution is -0.145. The van der Waals surface area contributed by atoms with Gasteiger partial charge in [0.2, 0.25) is 0 Å². The summed E-state index contributed by atoms with van der Waals surface area (Å²) in [5, 5.41) is 9.46. The molecule has 150 valence electrons. The molecule has 9 heteroatoms. The molecule has 1 aromatic carbocycles. The molecule has 0 spiro atoms. The largest absolute Gasteiger partial charge is 0.480 e. The maximum atomic E-state index is 12.6. The summed E-state index contributed by atoms with van der Waals surface area (Å²) in [7, 11) is 0. The van der Waals surface area contributed by atoms with Gasteiger partial charge in [-0.05, 0) is 38.5 Å². The van der Waals surface area contributed by atoms with Crippen molar-refractivity contribution in [3.63, 3.8) is 0 Å². The number of alkyl halides is 3. The molecule has 0 aliphatic carbocycles. The number of nitrogens with zero attached hydrogens (tertiary/aromatic N) is 2. The van der Waals surface area contributed by atoms with Crippen molar-refractivity contribution < 1.29 is 32.6 Å². The number of carbonyl (C=O) groups is 2. The number of halogens is 3. The highest BCUT2D eigenvalue weighted by molar-refractivity contribution is 5.80. The zero-order valence-electron chi connectivity index (χ0n) is 15.4. The molecule has 0 unspecified atom stereocenters. The first-order chi connectivity index (χ1) is 12.4. The standard InChI is InChI=1S/C18H23F3N2O4/c1-17(2,3)27-16(26)23-9-8-22(11-14(23)15(24)25)10-12-4-6-13(7-5-12)18(19,20)21/h4-7,14H,8-11H2,1-3H3,(H,24,25)/t14-/m0/s1. The third-order valence-electron chi connectivity index (χ3n) is 4.06. The van der Waals surface area contributed by atoms with Crippen LogP contribution >= 0.6 is 0 Å². The fraction of sp³-hybridized carbons (Fsp3) is 0.556. The van der Waals surface area contributed by atoms with E-state index in [1.165, 1.54) is 17.0 Å². The molecule has 6 nitrogen and oxygen atoms in total. The molecule has 0 bridgehead atoms. The lowest BCUT2D eigenvalue weighted by atomic mass is 10.1. The van der Waals surface area contributed by atoms with Crippen LogP contribution in [0.2, 0.25) is 0 Å². The summed E-state index contributed by atoms with van der Waals surface area (Å²) < 4.78 is 43.1. The Balaban J connectivity index is 2.04. The van der Waals surface area contributed by atoms with Crippen LogP contribution in [0.15, 0.2) is 24.3 Å². The molecular weight excluding hydrogens is 365 g/mol. The summed E-state index contributed by atoms with van der Waals surface area (Å²) in [6.07, 6.45) is -5.09. The predicted octanol–water partition coefficient (Wildman–Crippen LogP) is 3.21. The van der Waals surface area contributed by atoms with Gasteiger partial charge in [0.05, 0.1) is 5.56 Å². The molecule has 1 aliphatic rings. The third-order valence-corrected chi connectivity index (χ3v) is 4.06. The molecule has 2 rings (SSSR count). The van der Waals surface area contributed by atoms with Crippen LogP contribution < -0.4 is 0 Å². The van der Waals surface area contributed by atoms with Crippen molar-refractivity contribution in [2.45, 2.75) is 45.1 Å². The van der Waals surface area contributed by atoms with Gasteiger partial charge in [0.25, 0.3) is 0 Å². The maximum Gasteiger partial charge on any atom is 0.416 e. The van der Waals surface area contributed by atoms with Gasteiger partial charge < -0.3 is 9.84 Å². The van der Waals surface area contributed by atoms with Crippen molar-refractivity contribution in [2.24, 2.45) is 0 Å². The molecule has 1 amide bonds. The maximum absolute atomic E-state index is 12.6. The topological polar surface area (TPSA) is 70.1 Å². The van der Waals surface area contributed by atoms with Crippen LogP contribution in [0.3, 0.4) is 0 Å². The second kappa shape index (κ2) is 7.75. The summed E-state index contributed by atoms with van der Waals surface area (Å²) >= 11 is 0. The zero-order valence-corrected chi connectivity index (χ0v) is 15.4. The number of hydrogen-bond donors (Lipinski definition) is 1. The summed E-state index contributed by atoms with van der Waals surface area (Å²) in [6, 6.07) is 3.67. The van der Waals surface area contributed by atoms with Gasteiger partial charge in [-0.2, -0.15) is 13.2 Å². The molecule has 1 aromatic rings. The van der Waals surface area contributed by atoms with Gasteiger partial charge in [0.15, 0.2) is 0 Å². The number of carboxylic acids is 1. The van der Waals surface area contributed by atoms with Crippen molar-refractivity contribution in [3.8, 4) is 0 Å². The number of amides is 1. The van der Waals surface area contributed by atoms with Crippen molar-refractivity contribution in [1.82, 2.24) is 9.80 Å². The van der Waals surface area contributed by atoms with Crippen LogP contribution in [0.25, 0.3) is 0 Å². The zero-order chi connectivity index (χ0) is 20.4. The van der Waals surface area contributed by atoms with E-state index in [1.807, 2.05) is 0 Å². The van der Waals surface area contributed by atoms with E-state index in [2.05, 4.69) is 0 Å². The summed E-state index contributed by atoms with van der Waals surface area (Å²) in [4.78, 5) is 26.8. The highest BCUT2D eigenvalue weighted by Crippen LogP contribution is 2.29. The van der Waals surface area contributed by atoms with Crippen LogP contribution in [-0.2, 0) is 22.3 Å². The Bertz CT molecular complexity index is 683. The second-order valence-electron chi connectivity index (χ2n) is 7.46.